The van der Waals surface area contributed by atoms with E-state index in [1.54, 1.807) is 18.2 Å². The van der Waals surface area contributed by atoms with Gasteiger partial charge in [-0.05, 0) is 17.7 Å². The van der Waals surface area contributed by atoms with Gasteiger partial charge in [0.1, 0.15) is 4.83 Å². The zero-order chi connectivity index (χ0) is 10.7. The summed E-state index contributed by atoms with van der Waals surface area (Å²) in [7, 11) is 0. The Bertz CT molecular complexity index is 343. The second-order valence-electron chi connectivity index (χ2n) is 2.70. The number of alkyl halides is 2. The number of hydrogen-bond acceptors (Lipinski definition) is 1. The van der Waals surface area contributed by atoms with Gasteiger partial charge in [0.25, 0.3) is 0 Å². The quantitative estimate of drug-likeness (QED) is 0.852. The zero-order valence-electron chi connectivity index (χ0n) is 6.95. The van der Waals surface area contributed by atoms with Crippen LogP contribution in [0.2, 0.25) is 5.02 Å². The van der Waals surface area contributed by atoms with Crippen molar-refractivity contribution in [3.8, 4) is 0 Å². The van der Waals surface area contributed by atoms with Crippen LogP contribution in [0.25, 0.3) is 0 Å². The lowest BCUT2D eigenvalue weighted by molar-refractivity contribution is -0.136. The second-order valence-corrected chi connectivity index (χ2v) is 5.11. The molecule has 1 aromatic carbocycles. The topological polar surface area (TPSA) is 37.3 Å². The van der Waals surface area contributed by atoms with E-state index in [-0.39, 0.29) is 4.83 Å². The Morgan fingerprint density at radius 1 is 1.43 bits per heavy atom. The molecule has 0 amide bonds. The van der Waals surface area contributed by atoms with Crippen molar-refractivity contribution in [2.24, 2.45) is 0 Å². The molecule has 1 aromatic rings. The fourth-order valence-electron chi connectivity index (χ4n) is 0.972. The van der Waals surface area contributed by atoms with Gasteiger partial charge in [-0.1, -0.05) is 55.6 Å². The Morgan fingerprint density at radius 3 is 2.57 bits per heavy atom. The fraction of sp³-hybridized carbons (Fsp3) is 0.222. The van der Waals surface area contributed by atoms with Gasteiger partial charge < -0.3 is 5.11 Å². The van der Waals surface area contributed by atoms with E-state index in [0.717, 1.165) is 5.56 Å². The molecule has 0 unspecified atom stereocenters. The molecule has 0 saturated carbocycles. The predicted molar refractivity (Wildman–Crippen MR) is 63.5 cm³/mol. The first-order chi connectivity index (χ1) is 6.52. The lowest BCUT2D eigenvalue weighted by Crippen LogP contribution is -2.17. The lowest BCUT2D eigenvalue weighted by Gasteiger charge is -2.13. The van der Waals surface area contributed by atoms with Gasteiger partial charge in [-0.25, -0.2) is 0 Å². The van der Waals surface area contributed by atoms with E-state index >= 15 is 0 Å². The van der Waals surface area contributed by atoms with Crippen molar-refractivity contribution in [1.82, 2.24) is 0 Å². The van der Waals surface area contributed by atoms with Gasteiger partial charge in [0.05, 0.1) is 4.83 Å². The maximum Gasteiger partial charge on any atom is 0.318 e. The van der Waals surface area contributed by atoms with E-state index < -0.39 is 10.8 Å². The molecule has 14 heavy (non-hydrogen) atoms. The van der Waals surface area contributed by atoms with Crippen LogP contribution in [0.3, 0.4) is 0 Å². The molecule has 76 valence electrons. The molecular formula is C9H7Br2ClO2. The highest BCUT2D eigenvalue weighted by Gasteiger charge is 2.24. The molecule has 0 radical (unpaired) electrons. The van der Waals surface area contributed by atoms with Gasteiger partial charge in [-0.2, -0.15) is 0 Å². The highest BCUT2D eigenvalue weighted by Crippen LogP contribution is 2.32. The summed E-state index contributed by atoms with van der Waals surface area (Å²) in [5.74, 6) is -0.910. The van der Waals surface area contributed by atoms with Crippen molar-refractivity contribution in [3.63, 3.8) is 0 Å². The first-order valence-electron chi connectivity index (χ1n) is 3.79. The molecule has 0 bridgehead atoms. The number of hydrogen-bond donors (Lipinski definition) is 1. The minimum atomic E-state index is -0.910. The smallest absolute Gasteiger partial charge is 0.318 e. The van der Waals surface area contributed by atoms with Gasteiger partial charge >= 0.3 is 5.97 Å². The van der Waals surface area contributed by atoms with Crippen molar-refractivity contribution in [2.45, 2.75) is 9.65 Å². The molecule has 0 aliphatic rings. The van der Waals surface area contributed by atoms with Crippen LogP contribution in [0.15, 0.2) is 24.3 Å². The monoisotopic (exact) mass is 340 g/mol. The first-order valence-corrected chi connectivity index (χ1v) is 5.99. The molecule has 1 N–H and O–H groups in total. The van der Waals surface area contributed by atoms with Crippen LogP contribution in [-0.2, 0) is 4.79 Å². The normalized spacial score (nSPS) is 14.8. The molecule has 2 nitrogen and oxygen atoms in total. The lowest BCUT2D eigenvalue weighted by atomic mass is 10.1. The average molecular weight is 342 g/mol. The van der Waals surface area contributed by atoms with Crippen LogP contribution in [0.5, 0.6) is 0 Å². The van der Waals surface area contributed by atoms with Crippen LogP contribution in [0.4, 0.5) is 0 Å². The van der Waals surface area contributed by atoms with E-state index in [0.29, 0.717) is 5.02 Å². The maximum absolute atomic E-state index is 10.7. The van der Waals surface area contributed by atoms with E-state index in [4.69, 9.17) is 16.7 Å². The standard InChI is InChI=1S/C9H7Br2ClO2/c10-7(8(11)9(13)14)5-2-1-3-6(12)4-5/h1-4,7-8H,(H,13,14)/t7-,8-/m0/s1. The number of benzene rings is 1. The van der Waals surface area contributed by atoms with Gasteiger partial charge in [-0.15, -0.1) is 0 Å². The predicted octanol–water partition coefficient (Wildman–Crippen LogP) is 3.62. The number of aliphatic carboxylic acids is 1. The second kappa shape index (κ2) is 5.14. The summed E-state index contributed by atoms with van der Waals surface area (Å²) >= 11 is 12.2. The highest BCUT2D eigenvalue weighted by atomic mass is 79.9. The zero-order valence-corrected chi connectivity index (χ0v) is 10.9. The van der Waals surface area contributed by atoms with E-state index in [1.807, 2.05) is 6.07 Å². The summed E-state index contributed by atoms with van der Waals surface area (Å²) in [5.41, 5.74) is 0.835. The Morgan fingerprint density at radius 2 is 2.07 bits per heavy atom. The molecular weight excluding hydrogens is 335 g/mol. The maximum atomic E-state index is 10.7. The summed E-state index contributed by atoms with van der Waals surface area (Å²) in [4.78, 5) is 9.73. The number of halogens is 3. The van der Waals surface area contributed by atoms with Crippen LogP contribution in [0, 0.1) is 0 Å². The number of rotatable bonds is 3. The average Bonchev–Trinajstić information content (AvgIpc) is 2.15. The summed E-state index contributed by atoms with van der Waals surface area (Å²) in [6, 6.07) is 7.09. The molecule has 0 heterocycles. The SMILES string of the molecule is O=C(O)[C@@H](Br)[C@@H](Br)c1cccc(Cl)c1. The van der Waals surface area contributed by atoms with Gasteiger partial charge in [-0.3, -0.25) is 4.79 Å². The Hall–Kier alpha value is -0.0600. The molecule has 2 atom stereocenters. The Kier molecular flexibility index (Phi) is 4.41. The minimum absolute atomic E-state index is 0.293. The largest absolute Gasteiger partial charge is 0.480 e. The fourth-order valence-corrected chi connectivity index (χ4v) is 1.99. The molecule has 0 fully saturated rings. The third-order valence-corrected chi connectivity index (χ3v) is 4.58. The van der Waals surface area contributed by atoms with Crippen molar-refractivity contribution >= 4 is 49.4 Å². The van der Waals surface area contributed by atoms with E-state index in [2.05, 4.69) is 31.9 Å². The molecule has 0 aromatic heterocycles. The highest BCUT2D eigenvalue weighted by molar-refractivity contribution is 9.12. The third-order valence-electron chi connectivity index (χ3n) is 1.66. The first kappa shape index (κ1) is 12.0. The third kappa shape index (κ3) is 2.97. The summed E-state index contributed by atoms with van der Waals surface area (Å²) < 4.78 is 0. The number of carboxylic acid groups (broad SMARTS) is 1. The number of carbonyl (C=O) groups is 1. The van der Waals surface area contributed by atoms with Crippen LogP contribution in [0.1, 0.15) is 10.4 Å². The van der Waals surface area contributed by atoms with Crippen molar-refractivity contribution < 1.29 is 9.90 Å². The van der Waals surface area contributed by atoms with Crippen LogP contribution >= 0.6 is 43.5 Å². The molecule has 0 saturated heterocycles. The molecule has 0 aliphatic heterocycles. The van der Waals surface area contributed by atoms with Crippen LogP contribution in [-0.4, -0.2) is 15.9 Å². The van der Waals surface area contributed by atoms with Crippen molar-refractivity contribution in [2.75, 3.05) is 0 Å². The van der Waals surface area contributed by atoms with Crippen molar-refractivity contribution in [1.29, 1.82) is 0 Å². The molecule has 0 spiro atoms. The Labute approximate surface area is 104 Å². The van der Waals surface area contributed by atoms with Gasteiger partial charge in [0, 0.05) is 5.02 Å². The molecule has 1 rings (SSSR count). The number of carboxylic acids is 1. The van der Waals surface area contributed by atoms with Gasteiger partial charge in [0.2, 0.25) is 0 Å². The van der Waals surface area contributed by atoms with Crippen LogP contribution < -0.4 is 0 Å². The molecule has 0 aliphatic carbocycles. The van der Waals surface area contributed by atoms with Gasteiger partial charge in [0.15, 0.2) is 0 Å². The van der Waals surface area contributed by atoms with Crippen molar-refractivity contribution in [3.05, 3.63) is 34.9 Å². The summed E-state index contributed by atoms with van der Waals surface area (Å²) in [6.07, 6.45) is 0. The minimum Gasteiger partial charge on any atom is -0.480 e. The Balaban J connectivity index is 2.89. The summed E-state index contributed by atoms with van der Waals surface area (Å²) in [6.45, 7) is 0. The van der Waals surface area contributed by atoms with E-state index in [1.165, 1.54) is 0 Å². The summed E-state index contributed by atoms with van der Waals surface area (Å²) in [5, 5.41) is 9.37. The van der Waals surface area contributed by atoms with E-state index in [9.17, 15) is 4.79 Å². The molecule has 5 heteroatoms.